The van der Waals surface area contributed by atoms with Gasteiger partial charge in [0.1, 0.15) is 0 Å². The molecule has 0 amide bonds. The number of sulfone groups is 1. The van der Waals surface area contributed by atoms with Gasteiger partial charge in [-0.15, -0.1) is 0 Å². The summed E-state index contributed by atoms with van der Waals surface area (Å²) in [6, 6.07) is 0.469. The summed E-state index contributed by atoms with van der Waals surface area (Å²) in [5, 5.41) is -0.125. The van der Waals surface area contributed by atoms with Crippen molar-refractivity contribution in [3.05, 3.63) is 0 Å². The molecule has 0 spiro atoms. The highest BCUT2D eigenvalue weighted by Crippen LogP contribution is 2.17. The van der Waals surface area contributed by atoms with Gasteiger partial charge in [-0.05, 0) is 26.8 Å². The Labute approximate surface area is 74.7 Å². The SMILES string of the molecule is CC(C)N1CCC(S(C)(=O)=O)C1. The highest BCUT2D eigenvalue weighted by molar-refractivity contribution is 7.91. The zero-order valence-corrected chi connectivity index (χ0v) is 8.76. The number of rotatable bonds is 2. The van der Waals surface area contributed by atoms with Gasteiger partial charge < -0.3 is 0 Å². The van der Waals surface area contributed by atoms with Gasteiger partial charge in [0.15, 0.2) is 9.84 Å². The Morgan fingerprint density at radius 3 is 2.25 bits per heavy atom. The second-order valence-electron chi connectivity index (χ2n) is 3.83. The van der Waals surface area contributed by atoms with Crippen molar-refractivity contribution in [1.29, 1.82) is 0 Å². The van der Waals surface area contributed by atoms with E-state index in [0.29, 0.717) is 6.04 Å². The molecule has 3 nitrogen and oxygen atoms in total. The largest absolute Gasteiger partial charge is 0.300 e. The molecule has 1 aliphatic heterocycles. The van der Waals surface area contributed by atoms with Gasteiger partial charge in [0.05, 0.1) is 5.25 Å². The minimum atomic E-state index is -2.81. The van der Waals surface area contributed by atoms with Crippen LogP contribution in [0.15, 0.2) is 0 Å². The van der Waals surface area contributed by atoms with Crippen molar-refractivity contribution in [2.45, 2.75) is 31.6 Å². The van der Waals surface area contributed by atoms with Gasteiger partial charge in [0.25, 0.3) is 0 Å². The quantitative estimate of drug-likeness (QED) is 0.638. The molecule has 4 heteroatoms. The maximum atomic E-state index is 11.2. The lowest BCUT2D eigenvalue weighted by Crippen LogP contribution is -2.31. The minimum Gasteiger partial charge on any atom is -0.300 e. The van der Waals surface area contributed by atoms with Crippen molar-refractivity contribution in [3.63, 3.8) is 0 Å². The molecule has 0 bridgehead atoms. The van der Waals surface area contributed by atoms with Crippen LogP contribution in [-0.2, 0) is 9.84 Å². The highest BCUT2D eigenvalue weighted by atomic mass is 32.2. The molecular formula is C8H17NO2S. The van der Waals surface area contributed by atoms with Crippen LogP contribution in [0.2, 0.25) is 0 Å². The van der Waals surface area contributed by atoms with Crippen molar-refractivity contribution in [2.75, 3.05) is 19.3 Å². The van der Waals surface area contributed by atoms with E-state index in [1.807, 2.05) is 0 Å². The number of hydrogen-bond donors (Lipinski definition) is 0. The summed E-state index contributed by atoms with van der Waals surface area (Å²) in [6.07, 6.45) is 2.14. The average molecular weight is 191 g/mol. The number of nitrogens with zero attached hydrogens (tertiary/aromatic N) is 1. The zero-order chi connectivity index (χ0) is 9.35. The molecule has 1 heterocycles. The van der Waals surface area contributed by atoms with Crippen molar-refractivity contribution in [1.82, 2.24) is 4.90 Å². The van der Waals surface area contributed by atoms with Crippen LogP contribution in [0, 0.1) is 0 Å². The molecule has 12 heavy (non-hydrogen) atoms. The van der Waals surface area contributed by atoms with E-state index in [2.05, 4.69) is 18.7 Å². The molecule has 1 rings (SSSR count). The van der Waals surface area contributed by atoms with Crippen LogP contribution < -0.4 is 0 Å². The molecule has 0 aromatic carbocycles. The normalized spacial score (nSPS) is 26.8. The van der Waals surface area contributed by atoms with Crippen LogP contribution in [0.25, 0.3) is 0 Å². The zero-order valence-electron chi connectivity index (χ0n) is 7.95. The van der Waals surface area contributed by atoms with Crippen molar-refractivity contribution in [3.8, 4) is 0 Å². The fourth-order valence-electron chi connectivity index (χ4n) is 1.57. The first-order chi connectivity index (χ1) is 5.41. The summed E-state index contributed by atoms with van der Waals surface area (Å²) in [7, 11) is -2.81. The fourth-order valence-corrected chi connectivity index (χ4v) is 2.57. The van der Waals surface area contributed by atoms with Crippen LogP contribution in [-0.4, -0.2) is 44.0 Å². The van der Waals surface area contributed by atoms with E-state index >= 15 is 0 Å². The minimum absolute atomic E-state index is 0.125. The van der Waals surface area contributed by atoms with E-state index in [-0.39, 0.29) is 5.25 Å². The first-order valence-corrected chi connectivity index (χ1v) is 6.29. The van der Waals surface area contributed by atoms with Gasteiger partial charge in [-0.1, -0.05) is 0 Å². The van der Waals surface area contributed by atoms with E-state index < -0.39 is 9.84 Å². The van der Waals surface area contributed by atoms with Crippen molar-refractivity contribution < 1.29 is 8.42 Å². The Kier molecular flexibility index (Phi) is 2.78. The van der Waals surface area contributed by atoms with E-state index in [0.717, 1.165) is 19.5 Å². The van der Waals surface area contributed by atoms with Gasteiger partial charge in [-0.25, -0.2) is 8.42 Å². The average Bonchev–Trinajstić information content (AvgIpc) is 2.30. The van der Waals surface area contributed by atoms with Crippen LogP contribution in [0.1, 0.15) is 20.3 Å². The first kappa shape index (κ1) is 9.99. The predicted octanol–water partition coefficient (Wildman–Crippen LogP) is 0.514. The standard InChI is InChI=1S/C8H17NO2S/c1-7(2)9-5-4-8(6-9)12(3,10)11/h7-8H,4-6H2,1-3H3. The molecular weight excluding hydrogens is 174 g/mol. The lowest BCUT2D eigenvalue weighted by molar-refractivity contribution is 0.276. The van der Waals surface area contributed by atoms with Gasteiger partial charge >= 0.3 is 0 Å². The smallest absolute Gasteiger partial charge is 0.151 e. The molecule has 0 saturated carbocycles. The van der Waals surface area contributed by atoms with Crippen molar-refractivity contribution in [2.24, 2.45) is 0 Å². The molecule has 1 aliphatic rings. The van der Waals surface area contributed by atoms with E-state index in [9.17, 15) is 8.42 Å². The lowest BCUT2D eigenvalue weighted by Gasteiger charge is -2.19. The lowest BCUT2D eigenvalue weighted by atomic mass is 10.3. The summed E-state index contributed by atoms with van der Waals surface area (Å²) >= 11 is 0. The topological polar surface area (TPSA) is 37.4 Å². The summed E-state index contributed by atoms with van der Waals surface area (Å²) in [6.45, 7) is 5.85. The van der Waals surface area contributed by atoms with Crippen LogP contribution >= 0.6 is 0 Å². The molecule has 1 unspecified atom stereocenters. The van der Waals surface area contributed by atoms with Crippen LogP contribution in [0.4, 0.5) is 0 Å². The third-order valence-electron chi connectivity index (χ3n) is 2.51. The molecule has 1 atom stereocenters. The number of likely N-dealkylation sites (tertiary alicyclic amines) is 1. The second-order valence-corrected chi connectivity index (χ2v) is 6.15. The van der Waals surface area contributed by atoms with Crippen LogP contribution in [0.3, 0.4) is 0 Å². The molecule has 72 valence electrons. The molecule has 0 aromatic rings. The highest BCUT2D eigenvalue weighted by Gasteiger charge is 2.30. The Morgan fingerprint density at radius 1 is 1.42 bits per heavy atom. The van der Waals surface area contributed by atoms with Crippen molar-refractivity contribution >= 4 is 9.84 Å². The van der Waals surface area contributed by atoms with E-state index in [1.54, 1.807) is 0 Å². The maximum absolute atomic E-state index is 11.2. The third kappa shape index (κ3) is 2.20. The fraction of sp³-hybridized carbons (Fsp3) is 1.00. The molecule has 0 aromatic heterocycles. The third-order valence-corrected chi connectivity index (χ3v) is 4.11. The number of hydrogen-bond acceptors (Lipinski definition) is 3. The van der Waals surface area contributed by atoms with Gasteiger partial charge in [0.2, 0.25) is 0 Å². The maximum Gasteiger partial charge on any atom is 0.151 e. The monoisotopic (exact) mass is 191 g/mol. The predicted molar refractivity (Wildman–Crippen MR) is 50.0 cm³/mol. The first-order valence-electron chi connectivity index (χ1n) is 4.34. The summed E-state index contributed by atoms with van der Waals surface area (Å²) in [5.74, 6) is 0. The van der Waals surface area contributed by atoms with Gasteiger partial charge in [0, 0.05) is 18.8 Å². The second kappa shape index (κ2) is 3.34. The molecule has 0 radical (unpaired) electrons. The van der Waals surface area contributed by atoms with E-state index in [1.165, 1.54) is 6.26 Å². The molecule has 0 N–H and O–H groups in total. The Bertz CT molecular complexity index is 246. The summed E-state index contributed by atoms with van der Waals surface area (Å²) in [5.41, 5.74) is 0. The summed E-state index contributed by atoms with van der Waals surface area (Å²) < 4.78 is 22.4. The summed E-state index contributed by atoms with van der Waals surface area (Å²) in [4.78, 5) is 2.21. The van der Waals surface area contributed by atoms with Gasteiger partial charge in [-0.3, -0.25) is 4.90 Å². The molecule has 1 fully saturated rings. The molecule has 0 aliphatic carbocycles. The van der Waals surface area contributed by atoms with Crippen LogP contribution in [0.5, 0.6) is 0 Å². The van der Waals surface area contributed by atoms with Gasteiger partial charge in [-0.2, -0.15) is 0 Å². The Hall–Kier alpha value is -0.0900. The molecule has 1 saturated heterocycles. The van der Waals surface area contributed by atoms with E-state index in [4.69, 9.17) is 0 Å². The Balaban J connectivity index is 2.58. The Morgan fingerprint density at radius 2 is 2.00 bits per heavy atom.